The Bertz CT molecular complexity index is 1200. The molecule has 1 aromatic heterocycles. The Balaban J connectivity index is 1.44. The van der Waals surface area contributed by atoms with Crippen LogP contribution >= 0.6 is 0 Å². The smallest absolute Gasteiger partial charge is 0.243 e. The Kier molecular flexibility index (Phi) is 5.90. The van der Waals surface area contributed by atoms with Crippen LogP contribution in [0.25, 0.3) is 11.0 Å². The van der Waals surface area contributed by atoms with Crippen molar-refractivity contribution >= 4 is 32.6 Å². The molecule has 0 bridgehead atoms. The Morgan fingerprint density at radius 2 is 1.81 bits per heavy atom. The van der Waals surface area contributed by atoms with Crippen molar-refractivity contribution in [2.24, 2.45) is 5.92 Å². The first-order chi connectivity index (χ1) is 14.7. The number of nitrogens with zero attached hydrogens (tertiary/aromatic N) is 1. The molecule has 1 fully saturated rings. The molecule has 164 valence electrons. The lowest BCUT2D eigenvalue weighted by molar-refractivity contribution is -0.115. The van der Waals surface area contributed by atoms with Crippen LogP contribution in [0, 0.1) is 19.8 Å². The molecular weight excluding hydrogens is 412 g/mol. The van der Waals surface area contributed by atoms with Gasteiger partial charge in [0.1, 0.15) is 5.58 Å². The number of benzene rings is 2. The van der Waals surface area contributed by atoms with Gasteiger partial charge in [0.05, 0.1) is 17.6 Å². The van der Waals surface area contributed by atoms with Crippen LogP contribution in [-0.2, 0) is 21.2 Å². The van der Waals surface area contributed by atoms with Gasteiger partial charge < -0.3 is 9.73 Å². The number of nitrogens with one attached hydrogen (secondary N) is 1. The van der Waals surface area contributed by atoms with Gasteiger partial charge in [0.25, 0.3) is 0 Å². The third-order valence-electron chi connectivity index (χ3n) is 5.96. The second kappa shape index (κ2) is 8.48. The Labute approximate surface area is 183 Å². The number of furan rings is 1. The quantitative estimate of drug-likeness (QED) is 0.626. The molecule has 0 spiro atoms. The van der Waals surface area contributed by atoms with E-state index in [0.29, 0.717) is 24.7 Å². The highest BCUT2D eigenvalue weighted by atomic mass is 32.2. The van der Waals surface area contributed by atoms with Crippen molar-refractivity contribution in [3.8, 4) is 0 Å². The maximum Gasteiger partial charge on any atom is 0.243 e. The van der Waals surface area contributed by atoms with Gasteiger partial charge in [-0.25, -0.2) is 8.42 Å². The minimum Gasteiger partial charge on any atom is -0.464 e. The van der Waals surface area contributed by atoms with Gasteiger partial charge in [0.2, 0.25) is 15.9 Å². The Morgan fingerprint density at radius 1 is 1.13 bits per heavy atom. The van der Waals surface area contributed by atoms with Gasteiger partial charge in [-0.15, -0.1) is 0 Å². The number of amides is 1. The summed E-state index contributed by atoms with van der Waals surface area (Å²) in [6, 6.07) is 10.4. The van der Waals surface area contributed by atoms with Crippen molar-refractivity contribution in [2.45, 2.75) is 44.9 Å². The van der Waals surface area contributed by atoms with Gasteiger partial charge in [-0.3, -0.25) is 4.79 Å². The number of hydrogen-bond donors (Lipinski definition) is 1. The topological polar surface area (TPSA) is 79.6 Å². The number of fused-ring (bicyclic) bond motifs is 1. The monoisotopic (exact) mass is 440 g/mol. The molecule has 3 aromatic rings. The first-order valence-corrected chi connectivity index (χ1v) is 12.1. The second-order valence-electron chi connectivity index (χ2n) is 8.55. The number of sulfonamides is 1. The van der Waals surface area contributed by atoms with Crippen LogP contribution < -0.4 is 5.32 Å². The van der Waals surface area contributed by atoms with E-state index in [1.165, 1.54) is 0 Å². The van der Waals surface area contributed by atoms with Crippen molar-refractivity contribution in [3.63, 3.8) is 0 Å². The summed E-state index contributed by atoms with van der Waals surface area (Å²) in [5, 5.41) is 3.82. The van der Waals surface area contributed by atoms with E-state index in [2.05, 4.69) is 18.3 Å². The summed E-state index contributed by atoms with van der Waals surface area (Å²) in [7, 11) is -3.50. The predicted octanol–water partition coefficient (Wildman–Crippen LogP) is 4.65. The zero-order chi connectivity index (χ0) is 22.2. The first kappa shape index (κ1) is 21.6. The van der Waals surface area contributed by atoms with Gasteiger partial charge in [-0.1, -0.05) is 13.0 Å². The second-order valence-corrected chi connectivity index (χ2v) is 10.5. The standard InChI is InChI=1S/C24H28N2O4S/c1-16-8-10-26(11-9-16)31(28,29)21-6-4-20(5-7-21)25-23(27)14-19-15-30-22-13-17(2)12-18(3)24(19)22/h4-7,12-13,15-16H,8-11,14H2,1-3H3,(H,25,27). The third kappa shape index (κ3) is 4.52. The first-order valence-electron chi connectivity index (χ1n) is 10.6. The molecule has 1 amide bonds. The summed E-state index contributed by atoms with van der Waals surface area (Å²) in [6.45, 7) is 7.28. The van der Waals surface area contributed by atoms with Crippen LogP contribution in [-0.4, -0.2) is 31.7 Å². The molecule has 0 atom stereocenters. The van der Waals surface area contributed by atoms with E-state index < -0.39 is 10.0 Å². The highest BCUT2D eigenvalue weighted by molar-refractivity contribution is 7.89. The van der Waals surface area contributed by atoms with Crippen LogP contribution in [0.5, 0.6) is 0 Å². The number of hydrogen-bond acceptors (Lipinski definition) is 4. The van der Waals surface area contributed by atoms with E-state index in [0.717, 1.165) is 40.5 Å². The fraction of sp³-hybridized carbons (Fsp3) is 0.375. The SMILES string of the molecule is Cc1cc(C)c2c(CC(=O)Nc3ccc(S(=O)(=O)N4CCC(C)CC4)cc3)coc2c1. The Morgan fingerprint density at radius 3 is 2.48 bits per heavy atom. The normalized spacial score (nSPS) is 16.0. The number of aryl methyl sites for hydroxylation is 2. The summed E-state index contributed by atoms with van der Waals surface area (Å²) in [6.07, 6.45) is 3.58. The summed E-state index contributed by atoms with van der Waals surface area (Å²) in [5.74, 6) is 0.382. The van der Waals surface area contributed by atoms with Crippen molar-refractivity contribution in [1.82, 2.24) is 4.31 Å². The van der Waals surface area contributed by atoms with E-state index in [9.17, 15) is 13.2 Å². The van der Waals surface area contributed by atoms with E-state index in [4.69, 9.17) is 4.42 Å². The summed E-state index contributed by atoms with van der Waals surface area (Å²) >= 11 is 0. The van der Waals surface area contributed by atoms with Crippen molar-refractivity contribution in [3.05, 3.63) is 59.4 Å². The molecular formula is C24H28N2O4S. The largest absolute Gasteiger partial charge is 0.464 e. The van der Waals surface area contributed by atoms with E-state index in [-0.39, 0.29) is 17.2 Å². The molecule has 2 aromatic carbocycles. The maximum absolute atomic E-state index is 12.8. The van der Waals surface area contributed by atoms with Crippen molar-refractivity contribution in [2.75, 3.05) is 18.4 Å². The molecule has 1 saturated heterocycles. The molecule has 0 saturated carbocycles. The van der Waals surface area contributed by atoms with Crippen LogP contribution in [0.1, 0.15) is 36.5 Å². The molecule has 0 aliphatic carbocycles. The number of carbonyl (C=O) groups is 1. The number of carbonyl (C=O) groups excluding carboxylic acids is 1. The molecule has 31 heavy (non-hydrogen) atoms. The third-order valence-corrected chi connectivity index (χ3v) is 7.88. The lowest BCUT2D eigenvalue weighted by atomic mass is 10.0. The summed E-state index contributed by atoms with van der Waals surface area (Å²) in [5.41, 5.74) is 4.37. The van der Waals surface area contributed by atoms with E-state index in [1.807, 2.05) is 19.9 Å². The predicted molar refractivity (Wildman–Crippen MR) is 122 cm³/mol. The minimum absolute atomic E-state index is 0.177. The highest BCUT2D eigenvalue weighted by Gasteiger charge is 2.28. The molecule has 4 rings (SSSR count). The highest BCUT2D eigenvalue weighted by Crippen LogP contribution is 2.27. The average molecular weight is 441 g/mol. The number of anilines is 1. The molecule has 1 aliphatic heterocycles. The average Bonchev–Trinajstić information content (AvgIpc) is 3.11. The van der Waals surface area contributed by atoms with Gasteiger partial charge >= 0.3 is 0 Å². The zero-order valence-corrected chi connectivity index (χ0v) is 19.0. The molecule has 0 unspecified atom stereocenters. The van der Waals surface area contributed by atoms with Gasteiger partial charge in [-0.2, -0.15) is 4.31 Å². The summed E-state index contributed by atoms with van der Waals surface area (Å²) < 4.78 is 32.9. The maximum atomic E-state index is 12.8. The van der Waals surface area contributed by atoms with Gasteiger partial charge in [-0.05, 0) is 74.1 Å². The van der Waals surface area contributed by atoms with Crippen LogP contribution in [0.3, 0.4) is 0 Å². The van der Waals surface area contributed by atoms with E-state index >= 15 is 0 Å². The minimum atomic E-state index is -3.50. The number of piperidine rings is 1. The zero-order valence-electron chi connectivity index (χ0n) is 18.1. The van der Waals surface area contributed by atoms with Crippen molar-refractivity contribution in [1.29, 1.82) is 0 Å². The molecule has 1 aliphatic rings. The lowest BCUT2D eigenvalue weighted by Crippen LogP contribution is -2.37. The van der Waals surface area contributed by atoms with Gasteiger partial charge in [0, 0.05) is 29.7 Å². The lowest BCUT2D eigenvalue weighted by Gasteiger charge is -2.29. The fourth-order valence-electron chi connectivity index (χ4n) is 4.22. The summed E-state index contributed by atoms with van der Waals surface area (Å²) in [4.78, 5) is 12.8. The molecule has 1 N–H and O–H groups in total. The molecule has 7 heteroatoms. The van der Waals surface area contributed by atoms with Crippen molar-refractivity contribution < 1.29 is 17.6 Å². The molecule has 2 heterocycles. The van der Waals surface area contributed by atoms with E-state index in [1.54, 1.807) is 34.8 Å². The van der Waals surface area contributed by atoms with Crippen LogP contribution in [0.15, 0.2) is 52.0 Å². The molecule has 0 radical (unpaired) electrons. The fourth-order valence-corrected chi connectivity index (χ4v) is 5.69. The van der Waals surface area contributed by atoms with Crippen LogP contribution in [0.4, 0.5) is 5.69 Å². The van der Waals surface area contributed by atoms with Gasteiger partial charge in [0.15, 0.2) is 0 Å². The van der Waals surface area contributed by atoms with Crippen LogP contribution in [0.2, 0.25) is 0 Å². The molecule has 6 nitrogen and oxygen atoms in total. The number of rotatable bonds is 5. The Hall–Kier alpha value is -2.64.